The molecule has 2 aliphatic rings. The van der Waals surface area contributed by atoms with Crippen molar-refractivity contribution in [3.63, 3.8) is 0 Å². The first kappa shape index (κ1) is 8.82. The maximum absolute atomic E-state index is 5.78. The van der Waals surface area contributed by atoms with Crippen LogP contribution >= 0.6 is 0 Å². The van der Waals surface area contributed by atoms with Gasteiger partial charge in [0.25, 0.3) is 0 Å². The lowest BCUT2D eigenvalue weighted by Crippen LogP contribution is -2.49. The van der Waals surface area contributed by atoms with Gasteiger partial charge in [-0.2, -0.15) is 0 Å². The molecule has 0 amide bonds. The van der Waals surface area contributed by atoms with Crippen molar-refractivity contribution in [2.24, 2.45) is 5.92 Å². The molecule has 0 aromatic rings. The van der Waals surface area contributed by atoms with Gasteiger partial charge in [0, 0.05) is 13.1 Å². The number of likely N-dealkylation sites (tertiary alicyclic amines) is 1. The standard InChI is InChI=1S/C11H17NO/c1-9-3-5-10(6-4-9)13-11-7-12(2)8-11/h3,5-6,9,11H,4,7-8H2,1-2H3. The van der Waals surface area contributed by atoms with Gasteiger partial charge in [0.1, 0.15) is 11.9 Å². The number of hydrogen-bond acceptors (Lipinski definition) is 2. The number of ether oxygens (including phenoxy) is 1. The molecule has 1 unspecified atom stereocenters. The summed E-state index contributed by atoms with van der Waals surface area (Å²) < 4.78 is 5.78. The molecule has 0 aromatic carbocycles. The average Bonchev–Trinajstić information content (AvgIpc) is 2.06. The van der Waals surface area contributed by atoms with Crippen LogP contribution in [-0.2, 0) is 4.74 Å². The first-order valence-corrected chi connectivity index (χ1v) is 4.97. The van der Waals surface area contributed by atoms with Crippen LogP contribution in [0.4, 0.5) is 0 Å². The van der Waals surface area contributed by atoms with Crippen molar-refractivity contribution in [1.29, 1.82) is 0 Å². The number of rotatable bonds is 2. The molecule has 2 nitrogen and oxygen atoms in total. The number of likely N-dealkylation sites (N-methyl/N-ethyl adjacent to an activating group) is 1. The first-order chi connectivity index (χ1) is 6.24. The van der Waals surface area contributed by atoms with Crippen molar-refractivity contribution in [3.8, 4) is 0 Å². The predicted molar refractivity (Wildman–Crippen MR) is 53.4 cm³/mol. The van der Waals surface area contributed by atoms with E-state index in [1.807, 2.05) is 0 Å². The fourth-order valence-electron chi connectivity index (χ4n) is 1.70. The van der Waals surface area contributed by atoms with E-state index < -0.39 is 0 Å². The summed E-state index contributed by atoms with van der Waals surface area (Å²) in [5.41, 5.74) is 0. The average molecular weight is 179 g/mol. The van der Waals surface area contributed by atoms with E-state index in [1.165, 1.54) is 0 Å². The van der Waals surface area contributed by atoms with Crippen LogP contribution in [0.2, 0.25) is 0 Å². The Hall–Kier alpha value is -0.760. The highest BCUT2D eigenvalue weighted by molar-refractivity contribution is 5.18. The molecule has 1 atom stereocenters. The lowest BCUT2D eigenvalue weighted by atomic mass is 10.0. The Morgan fingerprint density at radius 2 is 2.23 bits per heavy atom. The quantitative estimate of drug-likeness (QED) is 0.641. The van der Waals surface area contributed by atoms with Crippen molar-refractivity contribution in [2.75, 3.05) is 20.1 Å². The lowest BCUT2D eigenvalue weighted by molar-refractivity contribution is -0.00335. The highest BCUT2D eigenvalue weighted by Gasteiger charge is 2.25. The second-order valence-corrected chi connectivity index (χ2v) is 4.14. The Morgan fingerprint density at radius 3 is 2.77 bits per heavy atom. The fraction of sp³-hybridized carbons (Fsp3) is 0.636. The zero-order chi connectivity index (χ0) is 9.26. The van der Waals surface area contributed by atoms with Crippen molar-refractivity contribution >= 4 is 0 Å². The largest absolute Gasteiger partial charge is 0.488 e. The Bertz CT molecular complexity index is 238. The number of allylic oxidation sites excluding steroid dienone is 3. The molecule has 72 valence electrons. The normalized spacial score (nSPS) is 29.7. The molecule has 1 saturated heterocycles. The van der Waals surface area contributed by atoms with E-state index in [1.54, 1.807) is 0 Å². The maximum Gasteiger partial charge on any atom is 0.124 e. The molecule has 13 heavy (non-hydrogen) atoms. The summed E-state index contributed by atoms with van der Waals surface area (Å²) in [5, 5.41) is 0. The summed E-state index contributed by atoms with van der Waals surface area (Å²) in [4.78, 5) is 2.26. The minimum atomic E-state index is 0.425. The summed E-state index contributed by atoms with van der Waals surface area (Å²) in [7, 11) is 2.12. The molecule has 1 aliphatic carbocycles. The molecule has 2 rings (SSSR count). The third-order valence-corrected chi connectivity index (χ3v) is 2.61. The van der Waals surface area contributed by atoms with E-state index in [2.05, 4.69) is 37.1 Å². The third kappa shape index (κ3) is 2.13. The SMILES string of the molecule is CC1C=CC(OC2CN(C)C2)=CC1. The molecule has 0 aromatic heterocycles. The monoisotopic (exact) mass is 179 g/mol. The summed E-state index contributed by atoms with van der Waals surface area (Å²) in [6.07, 6.45) is 8.07. The van der Waals surface area contributed by atoms with E-state index >= 15 is 0 Å². The number of hydrogen-bond donors (Lipinski definition) is 0. The van der Waals surface area contributed by atoms with Crippen molar-refractivity contribution in [1.82, 2.24) is 4.90 Å². The van der Waals surface area contributed by atoms with Gasteiger partial charge in [-0.05, 0) is 31.5 Å². The van der Waals surface area contributed by atoms with E-state index in [0.717, 1.165) is 25.3 Å². The van der Waals surface area contributed by atoms with E-state index in [0.29, 0.717) is 12.0 Å². The minimum Gasteiger partial charge on any atom is -0.488 e. The van der Waals surface area contributed by atoms with E-state index in [-0.39, 0.29) is 0 Å². The van der Waals surface area contributed by atoms with Crippen LogP contribution in [0.5, 0.6) is 0 Å². The molecule has 1 heterocycles. The van der Waals surface area contributed by atoms with E-state index in [4.69, 9.17) is 4.74 Å². The van der Waals surface area contributed by atoms with Gasteiger partial charge in [-0.3, -0.25) is 4.90 Å². The van der Waals surface area contributed by atoms with Gasteiger partial charge in [-0.1, -0.05) is 13.0 Å². The Morgan fingerprint density at radius 1 is 1.46 bits per heavy atom. The molecule has 0 saturated carbocycles. The zero-order valence-electron chi connectivity index (χ0n) is 8.36. The first-order valence-electron chi connectivity index (χ1n) is 4.97. The molecule has 0 N–H and O–H groups in total. The molecule has 2 heteroatoms. The second kappa shape index (κ2) is 3.54. The smallest absolute Gasteiger partial charge is 0.124 e. The highest BCUT2D eigenvalue weighted by Crippen LogP contribution is 2.20. The molecule has 0 radical (unpaired) electrons. The Labute approximate surface area is 79.9 Å². The number of nitrogens with zero attached hydrogens (tertiary/aromatic N) is 1. The highest BCUT2D eigenvalue weighted by atomic mass is 16.5. The molecule has 1 aliphatic heterocycles. The van der Waals surface area contributed by atoms with Crippen LogP contribution < -0.4 is 0 Å². The third-order valence-electron chi connectivity index (χ3n) is 2.61. The van der Waals surface area contributed by atoms with Crippen molar-refractivity contribution in [3.05, 3.63) is 24.0 Å². The van der Waals surface area contributed by atoms with E-state index in [9.17, 15) is 0 Å². The molecule has 0 bridgehead atoms. The van der Waals surface area contributed by atoms with Gasteiger partial charge in [0.15, 0.2) is 0 Å². The van der Waals surface area contributed by atoms with Crippen LogP contribution in [-0.4, -0.2) is 31.1 Å². The van der Waals surface area contributed by atoms with Crippen LogP contribution in [0.3, 0.4) is 0 Å². The van der Waals surface area contributed by atoms with Gasteiger partial charge >= 0.3 is 0 Å². The Kier molecular flexibility index (Phi) is 2.40. The maximum atomic E-state index is 5.78. The van der Waals surface area contributed by atoms with Crippen molar-refractivity contribution < 1.29 is 4.74 Å². The molecular formula is C11H17NO. The fourth-order valence-corrected chi connectivity index (χ4v) is 1.70. The molecule has 1 fully saturated rings. The summed E-state index contributed by atoms with van der Waals surface area (Å²) in [6.45, 7) is 4.36. The minimum absolute atomic E-state index is 0.425. The van der Waals surface area contributed by atoms with Crippen LogP contribution in [0, 0.1) is 5.92 Å². The van der Waals surface area contributed by atoms with Crippen molar-refractivity contribution in [2.45, 2.75) is 19.4 Å². The van der Waals surface area contributed by atoms with Gasteiger partial charge in [0.2, 0.25) is 0 Å². The van der Waals surface area contributed by atoms with Gasteiger partial charge < -0.3 is 4.74 Å². The van der Waals surface area contributed by atoms with Gasteiger partial charge in [-0.15, -0.1) is 0 Å². The lowest BCUT2D eigenvalue weighted by Gasteiger charge is -2.36. The Balaban J connectivity index is 1.80. The summed E-state index contributed by atoms with van der Waals surface area (Å²) in [6, 6.07) is 0. The zero-order valence-corrected chi connectivity index (χ0v) is 8.36. The topological polar surface area (TPSA) is 12.5 Å². The van der Waals surface area contributed by atoms with Gasteiger partial charge in [0.05, 0.1) is 0 Å². The summed E-state index contributed by atoms with van der Waals surface area (Å²) in [5.74, 6) is 1.74. The molecule has 0 spiro atoms. The van der Waals surface area contributed by atoms with Crippen LogP contribution in [0.25, 0.3) is 0 Å². The second-order valence-electron chi connectivity index (χ2n) is 4.14. The molecular weight excluding hydrogens is 162 g/mol. The van der Waals surface area contributed by atoms with Crippen LogP contribution in [0.1, 0.15) is 13.3 Å². The predicted octanol–water partition coefficient (Wildman–Crippen LogP) is 1.80. The van der Waals surface area contributed by atoms with Crippen LogP contribution in [0.15, 0.2) is 24.0 Å². The van der Waals surface area contributed by atoms with Gasteiger partial charge in [-0.25, -0.2) is 0 Å². The summed E-state index contributed by atoms with van der Waals surface area (Å²) >= 11 is 0.